The number of morpholine rings is 2. The van der Waals surface area contributed by atoms with E-state index in [1.807, 2.05) is 67.8 Å². The van der Waals surface area contributed by atoms with Crippen molar-refractivity contribution in [2.24, 2.45) is 10.9 Å². The maximum atomic E-state index is 12.8. The maximum Gasteiger partial charge on any atom is 0.335 e. The molecular weight excluding hydrogens is 1570 g/mol. The van der Waals surface area contributed by atoms with Gasteiger partial charge in [0.2, 0.25) is 38.7 Å². The average Bonchev–Trinajstić information content (AvgIpc) is 1.01. The van der Waals surface area contributed by atoms with Crippen molar-refractivity contribution in [1.29, 1.82) is 0 Å². The Hall–Kier alpha value is -8.16. The lowest BCUT2D eigenvalue weighted by Crippen LogP contribution is -2.52. The summed E-state index contributed by atoms with van der Waals surface area (Å²) >= 11 is 22.0. The van der Waals surface area contributed by atoms with Gasteiger partial charge in [0, 0.05) is 69.8 Å². The Labute approximate surface area is 653 Å². The molecular formula is C64H95Cl4N13O24S3. The van der Waals surface area contributed by atoms with Gasteiger partial charge in [0.05, 0.1) is 85.9 Å². The number of aliphatic hydroxyl groups is 1. The molecule has 2 aliphatic rings. The normalized spacial score (nSPS) is 13.0. The number of β-amino-alcohol motifs (C(OH)–C–C–N with tert-alkyl or cyclic N) is 1. The number of amides is 4. The zero-order chi connectivity index (χ0) is 81.7. The van der Waals surface area contributed by atoms with Crippen molar-refractivity contribution in [2.45, 2.75) is 110 Å². The van der Waals surface area contributed by atoms with Crippen LogP contribution in [-0.2, 0) is 88.1 Å². The molecule has 0 unspecified atom stereocenters. The molecule has 2 saturated heterocycles. The monoisotopic (exact) mass is 1670 g/mol. The summed E-state index contributed by atoms with van der Waals surface area (Å²) in [5.41, 5.74) is 5.09. The molecule has 2 atom stereocenters. The fraction of sp³-hybridized carbons (Fsp3) is 0.578. The number of aliphatic carboxylic acids is 2. The number of alkyl halides is 3. The molecule has 0 aliphatic carbocycles. The number of ether oxygens (including phenoxy) is 7. The van der Waals surface area contributed by atoms with E-state index in [1.54, 1.807) is 20.8 Å². The van der Waals surface area contributed by atoms with Crippen LogP contribution in [0.4, 0.5) is 17.3 Å². The van der Waals surface area contributed by atoms with Crippen LogP contribution >= 0.6 is 69.9 Å². The zero-order valence-corrected chi connectivity index (χ0v) is 66.6. The number of nitrogens with one attached hydrogen (secondary N) is 3. The van der Waals surface area contributed by atoms with Crippen LogP contribution in [0.1, 0.15) is 96.6 Å². The number of carboxylic acids is 3. The van der Waals surface area contributed by atoms with Crippen LogP contribution in [0.2, 0.25) is 0 Å². The zero-order valence-electron chi connectivity index (χ0n) is 61.1. The number of aromatic nitrogens is 4. The second-order valence-corrected chi connectivity index (χ2v) is 28.2. The minimum absolute atomic E-state index is 0.0358. The van der Waals surface area contributed by atoms with Crippen LogP contribution in [0.25, 0.3) is 0 Å². The molecule has 606 valence electrons. The molecule has 0 saturated carbocycles. The largest absolute Gasteiger partial charge is 0.480 e. The number of carbonyl (C=O) groups excluding carboxylic acids is 8. The molecule has 4 heterocycles. The van der Waals surface area contributed by atoms with Crippen molar-refractivity contribution < 1.29 is 115 Å². The van der Waals surface area contributed by atoms with Crippen molar-refractivity contribution in [3.63, 3.8) is 0 Å². The molecule has 4 aromatic rings. The lowest BCUT2D eigenvalue weighted by molar-refractivity contribution is -0.159. The van der Waals surface area contributed by atoms with E-state index in [4.69, 9.17) is 94.9 Å². The number of halogens is 4. The van der Waals surface area contributed by atoms with Gasteiger partial charge in [0.15, 0.2) is 19.3 Å². The Morgan fingerprint density at radius 2 is 1.14 bits per heavy atom. The van der Waals surface area contributed by atoms with Crippen LogP contribution in [0.15, 0.2) is 47.4 Å². The number of hydrogen-bond acceptors (Lipinski definition) is 31. The molecule has 0 bridgehead atoms. The number of unbranched alkanes of at least 4 members (excludes halogenated alkanes) is 1. The number of rotatable bonds is 33. The number of anilines is 3. The minimum Gasteiger partial charge on any atom is -0.480 e. The number of carboxylic acid groups (broad SMARTS) is 3. The highest BCUT2D eigenvalue weighted by molar-refractivity contribution is 7.89. The van der Waals surface area contributed by atoms with E-state index in [0.717, 1.165) is 47.9 Å². The number of sulfonamides is 1. The molecule has 11 N–H and O–H groups in total. The summed E-state index contributed by atoms with van der Waals surface area (Å²) in [7, 11) is -4.07. The quantitative estimate of drug-likeness (QED) is 0.0109. The van der Waals surface area contributed by atoms with Crippen molar-refractivity contribution in [3.05, 3.63) is 59.2 Å². The fourth-order valence-electron chi connectivity index (χ4n) is 8.62. The van der Waals surface area contributed by atoms with E-state index >= 15 is 0 Å². The number of benzene rings is 2. The highest BCUT2D eigenvalue weighted by atomic mass is 35.5. The molecule has 37 nitrogen and oxygen atoms in total. The third-order valence-electron chi connectivity index (χ3n) is 13.6. The fourth-order valence-corrected chi connectivity index (χ4v) is 10.7. The maximum absolute atomic E-state index is 12.8. The summed E-state index contributed by atoms with van der Waals surface area (Å²) in [4.78, 5) is 128. The topological polar surface area (TPSA) is 520 Å². The van der Waals surface area contributed by atoms with Crippen LogP contribution in [0.5, 0.6) is 11.8 Å². The molecule has 44 heteroatoms. The molecule has 6 rings (SSSR count). The van der Waals surface area contributed by atoms with Crippen molar-refractivity contribution in [3.8, 4) is 11.8 Å². The van der Waals surface area contributed by atoms with E-state index < -0.39 is 105 Å². The molecule has 0 radical (unpaired) electrons. The molecule has 2 aromatic carbocycles. The number of hydrogen-bond donors (Lipinski definition) is 9. The number of carbonyl (C=O) groups is 11. The van der Waals surface area contributed by atoms with Crippen molar-refractivity contribution in [1.82, 2.24) is 37.9 Å². The minimum atomic E-state index is -4.07. The third kappa shape index (κ3) is 41.4. The average molecular weight is 1670 g/mol. The lowest BCUT2D eigenvalue weighted by Gasteiger charge is -2.37. The molecule has 2 aromatic heterocycles. The van der Waals surface area contributed by atoms with Gasteiger partial charge in [-0.25, -0.2) is 18.4 Å². The number of aromatic carboxylic acids is 1. The third-order valence-corrected chi connectivity index (χ3v) is 16.6. The molecule has 108 heavy (non-hydrogen) atoms. The summed E-state index contributed by atoms with van der Waals surface area (Å²) in [5, 5.41) is 47.7. The first-order valence-corrected chi connectivity index (χ1v) is 37.8. The number of primary sulfonamides is 1. The van der Waals surface area contributed by atoms with Gasteiger partial charge in [-0.3, -0.25) is 47.9 Å². The first kappa shape index (κ1) is 97.9. The predicted octanol–water partition coefficient (Wildman–Crippen LogP) is 2.80. The number of nitrogens with zero attached hydrogens (tertiary/aromatic N) is 8. The van der Waals surface area contributed by atoms with Gasteiger partial charge in [-0.15, -0.1) is 43.5 Å². The SMILES string of the molecule is CC(=O)OCC(=O)N(C[C@@H](COc1nsnc1N1CCOCC1)OC(=O)CNC(=O)CCl)C(C)(C)C.CC(=O)OCC(=O)N(C[C@H](O)COc1nsnc1N1CCOCC1)C(C)(C)C.CCCCNc1cc(C(=O)O)cc(S(N)(=O)=O)c1Cc1ccccc1.NCC(=O)O.O=C(Cl)CCl.O=C(O)CNC(=O)CCl. The van der Waals surface area contributed by atoms with Gasteiger partial charge >= 0.3 is 35.8 Å². The van der Waals surface area contributed by atoms with Crippen LogP contribution in [-0.4, -0.2) is 280 Å². The Morgan fingerprint density at radius 3 is 1.54 bits per heavy atom. The lowest BCUT2D eigenvalue weighted by atomic mass is 10.0. The van der Waals surface area contributed by atoms with E-state index in [2.05, 4.69) is 39.2 Å². The Bertz CT molecular complexity index is 3590. The summed E-state index contributed by atoms with van der Waals surface area (Å²) in [6, 6.07) is 12.0. The van der Waals surface area contributed by atoms with Gasteiger partial charge in [0.25, 0.3) is 23.6 Å². The van der Waals surface area contributed by atoms with Gasteiger partial charge in [0.1, 0.15) is 44.2 Å². The number of nitrogens with two attached hydrogens (primary N) is 2. The Kier molecular flexibility index (Phi) is 47.1. The van der Waals surface area contributed by atoms with Crippen LogP contribution < -0.4 is 46.1 Å². The van der Waals surface area contributed by atoms with Gasteiger partial charge in [-0.05, 0) is 82.8 Å². The molecule has 4 amide bonds. The predicted molar refractivity (Wildman–Crippen MR) is 400 cm³/mol. The summed E-state index contributed by atoms with van der Waals surface area (Å²) in [6.07, 6.45) is 0.292. The highest BCUT2D eigenvalue weighted by Crippen LogP contribution is 2.31. The van der Waals surface area contributed by atoms with E-state index in [0.29, 0.717) is 94.3 Å². The summed E-state index contributed by atoms with van der Waals surface area (Å²) in [5.74, 6) is -5.74. The van der Waals surface area contributed by atoms with E-state index in [1.165, 1.54) is 29.7 Å². The summed E-state index contributed by atoms with van der Waals surface area (Å²) in [6.45, 7) is 18.9. The first-order chi connectivity index (χ1) is 50.7. The van der Waals surface area contributed by atoms with E-state index in [-0.39, 0.29) is 85.9 Å². The molecule has 2 fully saturated rings. The standard InChI is InChI=1S/C21H32ClN5O8S.C18H22N2O4S.C17H28N4O6S.C4H6ClNO3.C2H2Cl2O.C2H5NO2/c1-14(28)33-13-17(30)27(21(2,3)4)11-15(35-18(31)10-23-16(29)9-22)12-34-20-19(24-36-25-20)26-5-7-32-8-6-26;1-2-3-9-20-16-11-14(18(21)22)12-17(25(19,23)24)15(16)10-13-7-5-4-6-8-13;1-12(22)26-11-14(24)21(17(2,3)4)9-13(23)10-27-16-15(18-28-19-16)20-5-7-25-8-6-20;5-1-3(7)6-2-4(8)9;2*3-1-2(4)5/h15H,5-13H2,1-4H3,(H,23,29);4-8,11-12,20H,2-3,9-10H2,1H3,(H,21,22)(H2,19,23,24);13,23H,5-11H2,1-4H3;1-2H2,(H,6,7)(H,8,9);1H2;1,3H2,(H,4,5)/t15-;;13-;;;/m0.0.../s1. The molecule has 2 aliphatic heterocycles. The van der Waals surface area contributed by atoms with Crippen molar-refractivity contribution in [2.75, 3.05) is 151 Å². The van der Waals surface area contributed by atoms with Gasteiger partial charge in [-0.2, -0.15) is 8.75 Å². The van der Waals surface area contributed by atoms with E-state index in [9.17, 15) is 71.4 Å². The van der Waals surface area contributed by atoms with Crippen LogP contribution in [0.3, 0.4) is 0 Å². The highest BCUT2D eigenvalue weighted by Gasteiger charge is 2.34. The first-order valence-electron chi connectivity index (χ1n) is 32.8. The number of aliphatic hydroxyl groups excluding tert-OH is 1. The Morgan fingerprint density at radius 1 is 0.685 bits per heavy atom. The second kappa shape index (κ2) is 52.0. The summed E-state index contributed by atoms with van der Waals surface area (Å²) < 4.78 is 78.5. The Balaban J connectivity index is 0.000000728. The number of esters is 3. The van der Waals surface area contributed by atoms with Gasteiger partial charge in [-0.1, -0.05) is 43.7 Å². The smallest absolute Gasteiger partial charge is 0.335 e. The van der Waals surface area contributed by atoms with Crippen molar-refractivity contribution >= 4 is 162 Å². The van der Waals surface area contributed by atoms with Crippen LogP contribution in [0, 0.1) is 0 Å². The second-order valence-electron chi connectivity index (χ2n) is 24.4. The molecule has 0 spiro atoms. The van der Waals surface area contributed by atoms with Gasteiger partial charge < -0.3 is 94.9 Å².